The van der Waals surface area contributed by atoms with Crippen molar-refractivity contribution >= 4 is 0 Å². The Morgan fingerprint density at radius 1 is 1.43 bits per heavy atom. The first-order valence-corrected chi connectivity index (χ1v) is 5.99. The smallest absolute Gasteiger partial charge is 0.0799 e. The molecule has 1 aliphatic carbocycles. The van der Waals surface area contributed by atoms with Crippen LogP contribution < -0.4 is 0 Å². The molecular formula is C12H24O2. The highest BCUT2D eigenvalue weighted by Gasteiger charge is 2.17. The van der Waals surface area contributed by atoms with E-state index in [-0.39, 0.29) is 6.10 Å². The molecule has 0 radical (unpaired) electrons. The van der Waals surface area contributed by atoms with Gasteiger partial charge in [-0.3, -0.25) is 0 Å². The van der Waals surface area contributed by atoms with Crippen molar-refractivity contribution < 1.29 is 9.84 Å². The molecule has 0 spiro atoms. The van der Waals surface area contributed by atoms with Gasteiger partial charge in [0.2, 0.25) is 0 Å². The van der Waals surface area contributed by atoms with Gasteiger partial charge in [-0.2, -0.15) is 0 Å². The van der Waals surface area contributed by atoms with Crippen LogP contribution in [0.3, 0.4) is 0 Å². The maximum absolute atomic E-state index is 9.63. The molecule has 0 aromatic carbocycles. The second-order valence-electron chi connectivity index (χ2n) is 4.61. The van der Waals surface area contributed by atoms with Gasteiger partial charge in [-0.25, -0.2) is 0 Å². The third-order valence-corrected chi connectivity index (χ3v) is 3.48. The summed E-state index contributed by atoms with van der Waals surface area (Å²) >= 11 is 0. The molecule has 0 amide bonds. The molecule has 1 N–H and O–H groups in total. The van der Waals surface area contributed by atoms with Crippen LogP contribution in [0.15, 0.2) is 0 Å². The minimum Gasteiger partial charge on any atom is -0.390 e. The van der Waals surface area contributed by atoms with Crippen molar-refractivity contribution in [1.82, 2.24) is 0 Å². The first kappa shape index (κ1) is 12.0. The van der Waals surface area contributed by atoms with E-state index in [2.05, 4.69) is 13.8 Å². The highest BCUT2D eigenvalue weighted by Crippen LogP contribution is 2.29. The summed E-state index contributed by atoms with van der Waals surface area (Å²) in [7, 11) is 0. The standard InChI is InChI=1S/C12H24O2/c1-3-10(2)12(13)9-14-8-7-11-5-4-6-11/h10-13H,3-9H2,1-2H3. The van der Waals surface area contributed by atoms with Gasteiger partial charge in [-0.05, 0) is 18.3 Å². The van der Waals surface area contributed by atoms with E-state index in [0.717, 1.165) is 18.9 Å². The largest absolute Gasteiger partial charge is 0.390 e. The van der Waals surface area contributed by atoms with Gasteiger partial charge < -0.3 is 9.84 Å². The van der Waals surface area contributed by atoms with Crippen LogP contribution in [-0.2, 0) is 4.74 Å². The van der Waals surface area contributed by atoms with Crippen LogP contribution in [0.25, 0.3) is 0 Å². The molecule has 0 aromatic rings. The molecule has 0 aromatic heterocycles. The summed E-state index contributed by atoms with van der Waals surface area (Å²) in [5.41, 5.74) is 0. The monoisotopic (exact) mass is 200 g/mol. The van der Waals surface area contributed by atoms with Crippen molar-refractivity contribution in [2.45, 2.75) is 52.1 Å². The molecule has 0 bridgehead atoms. The zero-order valence-electron chi connectivity index (χ0n) is 9.54. The normalized spacial score (nSPS) is 21.6. The van der Waals surface area contributed by atoms with Gasteiger partial charge in [0.15, 0.2) is 0 Å². The SMILES string of the molecule is CCC(C)C(O)COCCC1CCC1. The van der Waals surface area contributed by atoms with E-state index in [1.165, 1.54) is 25.7 Å². The van der Waals surface area contributed by atoms with Crippen molar-refractivity contribution in [1.29, 1.82) is 0 Å². The van der Waals surface area contributed by atoms with Crippen molar-refractivity contribution in [3.05, 3.63) is 0 Å². The molecule has 2 unspecified atom stereocenters. The Morgan fingerprint density at radius 2 is 2.14 bits per heavy atom. The van der Waals surface area contributed by atoms with Gasteiger partial charge in [0.25, 0.3) is 0 Å². The summed E-state index contributed by atoms with van der Waals surface area (Å²) in [6.07, 6.45) is 6.11. The zero-order chi connectivity index (χ0) is 10.4. The van der Waals surface area contributed by atoms with Gasteiger partial charge in [0.05, 0.1) is 12.7 Å². The Hall–Kier alpha value is -0.0800. The summed E-state index contributed by atoms with van der Waals surface area (Å²) in [6.45, 7) is 5.52. The second-order valence-corrected chi connectivity index (χ2v) is 4.61. The molecule has 2 nitrogen and oxygen atoms in total. The molecule has 2 heteroatoms. The number of ether oxygens (including phenoxy) is 1. The van der Waals surface area contributed by atoms with Gasteiger partial charge in [-0.15, -0.1) is 0 Å². The Labute approximate surface area is 87.7 Å². The predicted molar refractivity (Wildman–Crippen MR) is 58.2 cm³/mol. The van der Waals surface area contributed by atoms with Crippen molar-refractivity contribution in [2.24, 2.45) is 11.8 Å². The molecule has 0 saturated heterocycles. The maximum atomic E-state index is 9.63. The van der Waals surface area contributed by atoms with E-state index in [0.29, 0.717) is 12.5 Å². The molecule has 0 heterocycles. The molecule has 2 atom stereocenters. The fraction of sp³-hybridized carbons (Fsp3) is 1.00. The topological polar surface area (TPSA) is 29.5 Å². The Bertz CT molecular complexity index is 143. The van der Waals surface area contributed by atoms with Crippen LogP contribution in [-0.4, -0.2) is 24.4 Å². The van der Waals surface area contributed by atoms with Crippen LogP contribution >= 0.6 is 0 Å². The molecule has 1 aliphatic rings. The summed E-state index contributed by atoms with van der Waals surface area (Å²) in [5, 5.41) is 9.63. The second kappa shape index (κ2) is 6.41. The van der Waals surface area contributed by atoms with Crippen molar-refractivity contribution in [3.63, 3.8) is 0 Å². The van der Waals surface area contributed by atoms with E-state index in [1.54, 1.807) is 0 Å². The van der Waals surface area contributed by atoms with Gasteiger partial charge in [0, 0.05) is 6.61 Å². The minimum atomic E-state index is -0.276. The summed E-state index contributed by atoms with van der Waals surface area (Å²) in [4.78, 5) is 0. The third-order valence-electron chi connectivity index (χ3n) is 3.48. The number of hydrogen-bond acceptors (Lipinski definition) is 2. The molecular weight excluding hydrogens is 176 g/mol. The number of hydrogen-bond donors (Lipinski definition) is 1. The van der Waals surface area contributed by atoms with E-state index in [9.17, 15) is 5.11 Å². The molecule has 1 saturated carbocycles. The zero-order valence-corrected chi connectivity index (χ0v) is 9.54. The van der Waals surface area contributed by atoms with E-state index < -0.39 is 0 Å². The highest BCUT2D eigenvalue weighted by atomic mass is 16.5. The molecule has 84 valence electrons. The average Bonchev–Trinajstić information content (AvgIpc) is 2.13. The highest BCUT2D eigenvalue weighted by molar-refractivity contribution is 4.69. The molecule has 1 rings (SSSR count). The van der Waals surface area contributed by atoms with E-state index in [1.807, 2.05) is 0 Å². The number of aliphatic hydroxyl groups excluding tert-OH is 1. The Kier molecular flexibility index (Phi) is 5.49. The van der Waals surface area contributed by atoms with Crippen LogP contribution in [0.4, 0.5) is 0 Å². The average molecular weight is 200 g/mol. The van der Waals surface area contributed by atoms with Gasteiger partial charge >= 0.3 is 0 Å². The number of aliphatic hydroxyl groups is 1. The summed E-state index contributed by atoms with van der Waals surface area (Å²) in [6, 6.07) is 0. The summed E-state index contributed by atoms with van der Waals surface area (Å²) in [5.74, 6) is 1.27. The fourth-order valence-electron chi connectivity index (χ4n) is 1.67. The summed E-state index contributed by atoms with van der Waals surface area (Å²) < 4.78 is 5.47. The van der Waals surface area contributed by atoms with Gasteiger partial charge in [0.1, 0.15) is 0 Å². The Morgan fingerprint density at radius 3 is 2.64 bits per heavy atom. The van der Waals surface area contributed by atoms with Crippen LogP contribution in [0, 0.1) is 11.8 Å². The Balaban J connectivity index is 1.91. The fourth-order valence-corrected chi connectivity index (χ4v) is 1.67. The van der Waals surface area contributed by atoms with Crippen molar-refractivity contribution in [2.75, 3.05) is 13.2 Å². The van der Waals surface area contributed by atoms with Crippen LogP contribution in [0.2, 0.25) is 0 Å². The lowest BCUT2D eigenvalue weighted by atomic mass is 9.83. The number of rotatable bonds is 7. The van der Waals surface area contributed by atoms with Crippen LogP contribution in [0.5, 0.6) is 0 Å². The van der Waals surface area contributed by atoms with Gasteiger partial charge in [-0.1, -0.05) is 39.5 Å². The lowest BCUT2D eigenvalue weighted by Crippen LogP contribution is -2.24. The molecule has 1 fully saturated rings. The van der Waals surface area contributed by atoms with Crippen LogP contribution in [0.1, 0.15) is 46.0 Å². The lowest BCUT2D eigenvalue weighted by Gasteiger charge is -2.25. The third kappa shape index (κ3) is 3.97. The quantitative estimate of drug-likeness (QED) is 0.640. The maximum Gasteiger partial charge on any atom is 0.0799 e. The van der Waals surface area contributed by atoms with E-state index >= 15 is 0 Å². The first-order valence-electron chi connectivity index (χ1n) is 5.99. The lowest BCUT2D eigenvalue weighted by molar-refractivity contribution is 0.00162. The molecule has 14 heavy (non-hydrogen) atoms. The minimum absolute atomic E-state index is 0.276. The molecule has 0 aliphatic heterocycles. The van der Waals surface area contributed by atoms with E-state index in [4.69, 9.17) is 4.74 Å². The first-order chi connectivity index (χ1) is 6.74. The predicted octanol–water partition coefficient (Wildman–Crippen LogP) is 2.60. The van der Waals surface area contributed by atoms with Crippen molar-refractivity contribution in [3.8, 4) is 0 Å².